The monoisotopic (exact) mass is 502 g/mol. The molecule has 0 radical (unpaired) electrons. The molecule has 0 unspecified atom stereocenters. The zero-order valence-electron chi connectivity index (χ0n) is 17.2. The molecule has 162 valence electrons. The molecule has 0 aliphatic carbocycles. The third-order valence-corrected chi connectivity index (χ3v) is 6.98. The molecule has 3 aromatic carbocycles. The highest BCUT2D eigenvalue weighted by molar-refractivity contribution is 9.10. The Labute approximate surface area is 191 Å². The van der Waals surface area contributed by atoms with Crippen LogP contribution in [0, 0.1) is 6.92 Å². The van der Waals surface area contributed by atoms with Gasteiger partial charge in [0.05, 0.1) is 9.37 Å². The summed E-state index contributed by atoms with van der Waals surface area (Å²) in [5, 5.41) is 2.70. The smallest absolute Gasteiger partial charge is 0.262 e. The van der Waals surface area contributed by atoms with Crippen LogP contribution >= 0.6 is 15.9 Å². The summed E-state index contributed by atoms with van der Waals surface area (Å²) in [6, 6.07) is 21.0. The van der Waals surface area contributed by atoms with Crippen LogP contribution in [-0.4, -0.2) is 32.3 Å². The van der Waals surface area contributed by atoms with E-state index in [0.717, 1.165) is 15.6 Å². The van der Waals surface area contributed by atoms with Crippen LogP contribution in [-0.2, 0) is 21.4 Å². The van der Waals surface area contributed by atoms with Gasteiger partial charge in [0.1, 0.15) is 5.75 Å². The van der Waals surface area contributed by atoms with Crippen LogP contribution in [0.1, 0.15) is 11.1 Å². The van der Waals surface area contributed by atoms with E-state index in [1.54, 1.807) is 25.2 Å². The number of carbonyl (C=O) groups is 1. The van der Waals surface area contributed by atoms with Crippen LogP contribution in [0.2, 0.25) is 0 Å². The summed E-state index contributed by atoms with van der Waals surface area (Å²) >= 11 is 3.41. The molecule has 1 N–H and O–H groups in total. The highest BCUT2D eigenvalue weighted by atomic mass is 79.9. The minimum absolute atomic E-state index is 0.156. The first kappa shape index (κ1) is 23.0. The van der Waals surface area contributed by atoms with E-state index >= 15 is 0 Å². The van der Waals surface area contributed by atoms with Gasteiger partial charge in [-0.25, -0.2) is 8.42 Å². The maximum Gasteiger partial charge on any atom is 0.262 e. The fourth-order valence-corrected chi connectivity index (χ4v) is 4.65. The molecule has 0 heterocycles. The van der Waals surface area contributed by atoms with Gasteiger partial charge in [-0.3, -0.25) is 4.79 Å². The number of aryl methyl sites for hydroxylation is 1. The molecule has 31 heavy (non-hydrogen) atoms. The lowest BCUT2D eigenvalue weighted by Gasteiger charge is -2.17. The third-order valence-electron chi connectivity index (χ3n) is 4.54. The van der Waals surface area contributed by atoms with E-state index in [-0.39, 0.29) is 24.0 Å². The van der Waals surface area contributed by atoms with Gasteiger partial charge in [0.15, 0.2) is 6.61 Å². The van der Waals surface area contributed by atoms with Gasteiger partial charge in [0.2, 0.25) is 10.0 Å². The van der Waals surface area contributed by atoms with Gasteiger partial charge < -0.3 is 10.1 Å². The SMILES string of the molecule is Cc1ccc(OCC(=O)Nc2ccc(S(=O)(=O)N(C)Cc3ccccc3)cc2)c(Br)c1. The number of halogens is 1. The van der Waals surface area contributed by atoms with E-state index in [1.807, 2.05) is 49.4 Å². The molecule has 0 aliphatic heterocycles. The second kappa shape index (κ2) is 10.1. The molecule has 0 atom stereocenters. The first-order chi connectivity index (χ1) is 14.8. The predicted molar refractivity (Wildman–Crippen MR) is 125 cm³/mol. The van der Waals surface area contributed by atoms with Crippen LogP contribution in [0.4, 0.5) is 5.69 Å². The molecule has 0 bridgehead atoms. The lowest BCUT2D eigenvalue weighted by atomic mass is 10.2. The van der Waals surface area contributed by atoms with Crippen LogP contribution in [0.25, 0.3) is 0 Å². The van der Waals surface area contributed by atoms with Crippen LogP contribution in [0.3, 0.4) is 0 Å². The molecule has 0 aliphatic rings. The van der Waals surface area contributed by atoms with Crippen molar-refractivity contribution in [2.75, 3.05) is 19.0 Å². The topological polar surface area (TPSA) is 75.7 Å². The zero-order chi connectivity index (χ0) is 22.4. The number of nitrogens with one attached hydrogen (secondary N) is 1. The molecule has 0 saturated carbocycles. The van der Waals surface area contributed by atoms with Gasteiger partial charge in [0.25, 0.3) is 5.91 Å². The molecule has 0 fully saturated rings. The molecule has 6 nitrogen and oxygen atoms in total. The second-order valence-electron chi connectivity index (χ2n) is 7.04. The number of anilines is 1. The fourth-order valence-electron chi connectivity index (χ4n) is 2.88. The maximum atomic E-state index is 12.8. The maximum absolute atomic E-state index is 12.8. The standard InChI is InChI=1S/C23H23BrN2O4S/c1-17-8-13-22(21(24)14-17)30-16-23(27)25-19-9-11-20(12-10-19)31(28,29)26(2)15-18-6-4-3-5-7-18/h3-14H,15-16H2,1-2H3,(H,25,27). The van der Waals surface area contributed by atoms with Gasteiger partial charge in [-0.2, -0.15) is 4.31 Å². The Morgan fingerprint density at radius 1 is 1.03 bits per heavy atom. The largest absolute Gasteiger partial charge is 0.483 e. The normalized spacial score (nSPS) is 11.4. The lowest BCUT2D eigenvalue weighted by molar-refractivity contribution is -0.118. The quantitative estimate of drug-likeness (QED) is 0.488. The van der Waals surface area contributed by atoms with Crippen molar-refractivity contribution in [2.45, 2.75) is 18.4 Å². The third kappa shape index (κ3) is 6.16. The van der Waals surface area contributed by atoms with E-state index in [2.05, 4.69) is 21.2 Å². The van der Waals surface area contributed by atoms with Crippen molar-refractivity contribution in [2.24, 2.45) is 0 Å². The number of nitrogens with zero attached hydrogens (tertiary/aromatic N) is 1. The summed E-state index contributed by atoms with van der Waals surface area (Å²) in [4.78, 5) is 12.3. The fraction of sp³-hybridized carbons (Fsp3) is 0.174. The average Bonchev–Trinajstić information content (AvgIpc) is 2.74. The van der Waals surface area contributed by atoms with E-state index in [4.69, 9.17) is 4.74 Å². The lowest BCUT2D eigenvalue weighted by Crippen LogP contribution is -2.26. The van der Waals surface area contributed by atoms with Crippen molar-refractivity contribution in [3.63, 3.8) is 0 Å². The van der Waals surface area contributed by atoms with Gasteiger partial charge in [0, 0.05) is 19.3 Å². The summed E-state index contributed by atoms with van der Waals surface area (Å²) in [7, 11) is -2.11. The molecule has 3 rings (SSSR count). The number of hydrogen-bond acceptors (Lipinski definition) is 4. The number of hydrogen-bond donors (Lipinski definition) is 1. The Kier molecular flexibility index (Phi) is 7.48. The molecule has 3 aromatic rings. The Morgan fingerprint density at radius 2 is 1.71 bits per heavy atom. The van der Waals surface area contributed by atoms with Crippen molar-refractivity contribution < 1.29 is 17.9 Å². The first-order valence-corrected chi connectivity index (χ1v) is 11.8. The number of amides is 1. The molecular weight excluding hydrogens is 480 g/mol. The van der Waals surface area contributed by atoms with Crippen molar-refractivity contribution >= 4 is 37.5 Å². The summed E-state index contributed by atoms with van der Waals surface area (Å²) in [6.07, 6.45) is 0. The number of carbonyl (C=O) groups excluding carboxylic acids is 1. The highest BCUT2D eigenvalue weighted by Crippen LogP contribution is 2.25. The van der Waals surface area contributed by atoms with Crippen LogP contribution < -0.4 is 10.1 Å². The zero-order valence-corrected chi connectivity index (χ0v) is 19.6. The average molecular weight is 503 g/mol. The van der Waals surface area contributed by atoms with E-state index < -0.39 is 10.0 Å². The van der Waals surface area contributed by atoms with E-state index in [9.17, 15) is 13.2 Å². The number of benzene rings is 3. The molecule has 0 aromatic heterocycles. The summed E-state index contributed by atoms with van der Waals surface area (Å²) in [6.45, 7) is 2.07. The van der Waals surface area contributed by atoms with Crippen molar-refractivity contribution in [1.29, 1.82) is 0 Å². The van der Waals surface area contributed by atoms with Gasteiger partial charge in [-0.15, -0.1) is 0 Å². The minimum atomic E-state index is -3.65. The van der Waals surface area contributed by atoms with Crippen molar-refractivity contribution in [3.05, 3.63) is 88.4 Å². The Hall–Kier alpha value is -2.68. The summed E-state index contributed by atoms with van der Waals surface area (Å²) in [5.41, 5.74) is 2.46. The van der Waals surface area contributed by atoms with Gasteiger partial charge in [-0.1, -0.05) is 36.4 Å². The number of sulfonamides is 1. The molecular formula is C23H23BrN2O4S. The van der Waals surface area contributed by atoms with E-state index in [1.165, 1.54) is 16.4 Å². The predicted octanol–water partition coefficient (Wildman–Crippen LogP) is 4.60. The van der Waals surface area contributed by atoms with Crippen LogP contribution in [0.15, 0.2) is 82.2 Å². The molecule has 0 saturated heterocycles. The molecule has 1 amide bonds. The van der Waals surface area contributed by atoms with Gasteiger partial charge >= 0.3 is 0 Å². The number of ether oxygens (including phenoxy) is 1. The Balaban J connectivity index is 1.59. The minimum Gasteiger partial charge on any atom is -0.483 e. The highest BCUT2D eigenvalue weighted by Gasteiger charge is 2.21. The number of rotatable bonds is 8. The first-order valence-electron chi connectivity index (χ1n) is 9.55. The van der Waals surface area contributed by atoms with Crippen molar-refractivity contribution in [3.8, 4) is 5.75 Å². The molecule has 0 spiro atoms. The van der Waals surface area contributed by atoms with Gasteiger partial charge in [-0.05, 0) is 70.4 Å². The summed E-state index contributed by atoms with van der Waals surface area (Å²) < 4.78 is 33.2. The Morgan fingerprint density at radius 3 is 2.35 bits per heavy atom. The Bertz CT molecular complexity index is 1150. The van der Waals surface area contributed by atoms with Crippen molar-refractivity contribution in [1.82, 2.24) is 4.31 Å². The van der Waals surface area contributed by atoms with Crippen LogP contribution in [0.5, 0.6) is 5.75 Å². The second-order valence-corrected chi connectivity index (χ2v) is 9.94. The van der Waals surface area contributed by atoms with E-state index in [0.29, 0.717) is 11.4 Å². The molecule has 8 heteroatoms. The summed E-state index contributed by atoms with van der Waals surface area (Å²) in [5.74, 6) is 0.230.